The molecule has 0 aromatic heterocycles. The van der Waals surface area contributed by atoms with E-state index in [9.17, 15) is 9.59 Å². The van der Waals surface area contributed by atoms with Crippen LogP contribution in [-0.4, -0.2) is 47.3 Å². The average Bonchev–Trinajstić information content (AvgIpc) is 2.78. The molecule has 0 saturated carbocycles. The van der Waals surface area contributed by atoms with E-state index in [-0.39, 0.29) is 17.9 Å². The summed E-state index contributed by atoms with van der Waals surface area (Å²) >= 11 is 0. The van der Waals surface area contributed by atoms with Crippen LogP contribution in [0.25, 0.3) is 0 Å². The molecule has 1 unspecified atom stereocenters. The van der Waals surface area contributed by atoms with Crippen molar-refractivity contribution in [2.24, 2.45) is 0 Å². The van der Waals surface area contributed by atoms with Gasteiger partial charge in [-0.15, -0.1) is 0 Å². The van der Waals surface area contributed by atoms with Crippen molar-refractivity contribution in [2.75, 3.05) is 25.4 Å². The Morgan fingerprint density at radius 3 is 2.85 bits per heavy atom. The number of aryl methyl sites for hydroxylation is 1. The van der Waals surface area contributed by atoms with Gasteiger partial charge in [0, 0.05) is 43.3 Å². The van der Waals surface area contributed by atoms with Crippen LogP contribution < -0.4 is 5.73 Å². The summed E-state index contributed by atoms with van der Waals surface area (Å²) in [4.78, 5) is 27.9. The van der Waals surface area contributed by atoms with Gasteiger partial charge in [-0.1, -0.05) is 0 Å². The van der Waals surface area contributed by atoms with E-state index in [4.69, 9.17) is 5.73 Å². The molecule has 0 aliphatic carbocycles. The van der Waals surface area contributed by atoms with E-state index in [0.29, 0.717) is 37.3 Å². The Balaban J connectivity index is 1.76. The van der Waals surface area contributed by atoms with Crippen LogP contribution in [0.5, 0.6) is 0 Å². The molecule has 2 aliphatic heterocycles. The summed E-state index contributed by atoms with van der Waals surface area (Å²) in [5.74, 6) is 0.237. The van der Waals surface area contributed by atoms with Gasteiger partial charge in [-0.3, -0.25) is 9.59 Å². The first-order chi connectivity index (χ1) is 9.54. The minimum atomic E-state index is 0.0133. The molecule has 3 rings (SSSR count). The van der Waals surface area contributed by atoms with Gasteiger partial charge in [-0.25, -0.2) is 0 Å². The van der Waals surface area contributed by atoms with Crippen molar-refractivity contribution in [1.82, 2.24) is 9.80 Å². The van der Waals surface area contributed by atoms with Crippen LogP contribution in [0.1, 0.15) is 28.8 Å². The predicted octanol–water partition coefficient (Wildman–Crippen LogP) is 1.02. The number of benzene rings is 1. The van der Waals surface area contributed by atoms with Gasteiger partial charge in [0.25, 0.3) is 5.91 Å². The van der Waals surface area contributed by atoms with E-state index in [0.717, 1.165) is 12.0 Å². The molecular weight excluding hydrogens is 254 g/mol. The molecule has 1 atom stereocenters. The number of nitrogens with zero attached hydrogens (tertiary/aromatic N) is 2. The number of nitrogen functional groups attached to an aromatic ring is 1. The zero-order valence-corrected chi connectivity index (χ0v) is 11.6. The highest BCUT2D eigenvalue weighted by atomic mass is 16.2. The highest BCUT2D eigenvalue weighted by Gasteiger charge is 2.37. The van der Waals surface area contributed by atoms with E-state index in [1.807, 2.05) is 28.9 Å². The Bertz CT molecular complexity index is 550. The highest BCUT2D eigenvalue weighted by molar-refractivity contribution is 5.95. The summed E-state index contributed by atoms with van der Waals surface area (Å²) in [6.45, 7) is 3.82. The van der Waals surface area contributed by atoms with E-state index in [2.05, 4.69) is 0 Å². The number of anilines is 1. The molecule has 1 aromatic rings. The minimum absolute atomic E-state index is 0.0133. The molecule has 2 N–H and O–H groups in total. The van der Waals surface area contributed by atoms with Gasteiger partial charge >= 0.3 is 0 Å². The molecule has 0 bridgehead atoms. The molecule has 2 saturated heterocycles. The molecule has 2 aliphatic rings. The zero-order chi connectivity index (χ0) is 14.3. The molecule has 2 fully saturated rings. The normalized spacial score (nSPS) is 22.1. The van der Waals surface area contributed by atoms with Crippen molar-refractivity contribution in [3.05, 3.63) is 29.3 Å². The van der Waals surface area contributed by atoms with Crippen molar-refractivity contribution in [3.8, 4) is 0 Å². The minimum Gasteiger partial charge on any atom is -0.399 e. The van der Waals surface area contributed by atoms with Gasteiger partial charge < -0.3 is 15.5 Å². The van der Waals surface area contributed by atoms with Gasteiger partial charge in [0.2, 0.25) is 5.91 Å². The first-order valence-electron chi connectivity index (χ1n) is 7.00. The highest BCUT2D eigenvalue weighted by Crippen LogP contribution is 2.24. The first kappa shape index (κ1) is 13.0. The van der Waals surface area contributed by atoms with Crippen molar-refractivity contribution in [1.29, 1.82) is 0 Å². The lowest BCUT2D eigenvalue weighted by Crippen LogP contribution is -2.53. The molecule has 2 heterocycles. The number of piperazine rings is 1. The quantitative estimate of drug-likeness (QED) is 0.777. The third-order valence-electron chi connectivity index (χ3n) is 4.13. The summed E-state index contributed by atoms with van der Waals surface area (Å²) in [6.07, 6.45) is 1.47. The number of hydrogen-bond donors (Lipinski definition) is 1. The summed E-state index contributed by atoms with van der Waals surface area (Å²) < 4.78 is 0. The predicted molar refractivity (Wildman–Crippen MR) is 76.2 cm³/mol. The first-order valence-corrected chi connectivity index (χ1v) is 7.00. The van der Waals surface area contributed by atoms with Crippen molar-refractivity contribution in [2.45, 2.75) is 25.8 Å². The number of fused-ring (bicyclic) bond motifs is 1. The Kier molecular flexibility index (Phi) is 3.12. The number of hydrogen-bond acceptors (Lipinski definition) is 3. The molecule has 5 heteroatoms. The Morgan fingerprint density at radius 1 is 1.30 bits per heavy atom. The van der Waals surface area contributed by atoms with Gasteiger partial charge in [0.15, 0.2) is 0 Å². The van der Waals surface area contributed by atoms with Crippen molar-refractivity contribution in [3.63, 3.8) is 0 Å². The third-order valence-corrected chi connectivity index (χ3v) is 4.13. The smallest absolute Gasteiger partial charge is 0.254 e. The monoisotopic (exact) mass is 273 g/mol. The van der Waals surface area contributed by atoms with E-state index >= 15 is 0 Å². The maximum Gasteiger partial charge on any atom is 0.254 e. The average molecular weight is 273 g/mol. The second-order valence-corrected chi connectivity index (χ2v) is 5.66. The molecule has 106 valence electrons. The maximum absolute atomic E-state index is 12.5. The van der Waals surface area contributed by atoms with Crippen molar-refractivity contribution < 1.29 is 9.59 Å². The number of rotatable bonds is 1. The van der Waals surface area contributed by atoms with Crippen LogP contribution in [-0.2, 0) is 4.79 Å². The van der Waals surface area contributed by atoms with Crippen LogP contribution in [0, 0.1) is 6.92 Å². The molecule has 0 radical (unpaired) electrons. The second kappa shape index (κ2) is 4.81. The van der Waals surface area contributed by atoms with Crippen LogP contribution in [0.2, 0.25) is 0 Å². The van der Waals surface area contributed by atoms with Crippen LogP contribution in [0.3, 0.4) is 0 Å². The third kappa shape index (κ3) is 2.24. The fourth-order valence-corrected chi connectivity index (χ4v) is 3.17. The summed E-state index contributed by atoms with van der Waals surface area (Å²) in [7, 11) is 0. The standard InChI is InChI=1S/C15H19N3O2/c1-10-6-11(8-12(16)7-10)15(20)17-4-5-18-13(9-17)2-3-14(18)19/h6-8,13H,2-5,9,16H2,1H3. The lowest BCUT2D eigenvalue weighted by atomic mass is 10.1. The molecule has 0 spiro atoms. The van der Waals surface area contributed by atoms with Crippen LogP contribution in [0.4, 0.5) is 5.69 Å². The van der Waals surface area contributed by atoms with Crippen LogP contribution >= 0.6 is 0 Å². The summed E-state index contributed by atoms with van der Waals surface area (Å²) in [6, 6.07) is 5.64. The lowest BCUT2D eigenvalue weighted by molar-refractivity contribution is -0.130. The van der Waals surface area contributed by atoms with Gasteiger partial charge in [-0.2, -0.15) is 0 Å². The number of nitrogens with two attached hydrogens (primary N) is 1. The Hall–Kier alpha value is -2.04. The van der Waals surface area contributed by atoms with E-state index in [1.165, 1.54) is 0 Å². The zero-order valence-electron chi connectivity index (χ0n) is 11.6. The van der Waals surface area contributed by atoms with Gasteiger partial charge in [0.1, 0.15) is 0 Å². The van der Waals surface area contributed by atoms with E-state index in [1.54, 1.807) is 6.07 Å². The summed E-state index contributed by atoms with van der Waals surface area (Å²) in [5, 5.41) is 0. The Labute approximate surface area is 118 Å². The SMILES string of the molecule is Cc1cc(N)cc(C(=O)N2CCN3C(=O)CCC3C2)c1. The maximum atomic E-state index is 12.5. The molecule has 1 aromatic carbocycles. The largest absolute Gasteiger partial charge is 0.399 e. The number of carbonyl (C=O) groups is 2. The number of carbonyl (C=O) groups excluding carboxylic acids is 2. The van der Waals surface area contributed by atoms with Gasteiger partial charge in [0.05, 0.1) is 0 Å². The molecule has 5 nitrogen and oxygen atoms in total. The topological polar surface area (TPSA) is 66.6 Å². The fraction of sp³-hybridized carbons (Fsp3) is 0.467. The number of amides is 2. The fourth-order valence-electron chi connectivity index (χ4n) is 3.17. The molecule has 2 amide bonds. The van der Waals surface area contributed by atoms with Gasteiger partial charge in [-0.05, 0) is 37.1 Å². The van der Waals surface area contributed by atoms with Crippen LogP contribution in [0.15, 0.2) is 18.2 Å². The summed E-state index contributed by atoms with van der Waals surface area (Å²) in [5.41, 5.74) is 8.05. The molecule has 20 heavy (non-hydrogen) atoms. The second-order valence-electron chi connectivity index (χ2n) is 5.66. The van der Waals surface area contributed by atoms with E-state index < -0.39 is 0 Å². The Morgan fingerprint density at radius 2 is 2.10 bits per heavy atom. The van der Waals surface area contributed by atoms with Crippen molar-refractivity contribution >= 4 is 17.5 Å². The lowest BCUT2D eigenvalue weighted by Gasteiger charge is -2.37. The molecular formula is C15H19N3O2.